The Morgan fingerprint density at radius 3 is 2.82 bits per heavy atom. The second-order valence-corrected chi connectivity index (χ2v) is 4.58. The molecule has 0 aromatic carbocycles. The molecule has 0 bridgehead atoms. The quantitative estimate of drug-likeness (QED) is 0.838. The maximum Gasteiger partial charge on any atom is 0.191 e. The van der Waals surface area contributed by atoms with E-state index in [9.17, 15) is 0 Å². The van der Waals surface area contributed by atoms with Crippen molar-refractivity contribution < 1.29 is 0 Å². The van der Waals surface area contributed by atoms with E-state index in [2.05, 4.69) is 20.5 Å². The Bertz CT molecular complexity index is 508. The molecule has 0 fully saturated rings. The van der Waals surface area contributed by atoms with Crippen LogP contribution in [0.3, 0.4) is 0 Å². The van der Waals surface area contributed by atoms with Gasteiger partial charge in [0, 0.05) is 19.8 Å². The van der Waals surface area contributed by atoms with Crippen LogP contribution in [0.25, 0.3) is 0 Å². The van der Waals surface area contributed by atoms with Crippen molar-refractivity contribution in [3.05, 3.63) is 29.7 Å². The molecule has 0 spiro atoms. The van der Waals surface area contributed by atoms with Gasteiger partial charge >= 0.3 is 0 Å². The molecule has 0 saturated carbocycles. The van der Waals surface area contributed by atoms with Crippen LogP contribution in [0.1, 0.15) is 11.5 Å². The Kier molecular flexibility index (Phi) is 3.63. The number of nitrogens with one attached hydrogen (secondary N) is 1. The highest BCUT2D eigenvalue weighted by Gasteiger charge is 2.06. The van der Waals surface area contributed by atoms with Gasteiger partial charge in [0.05, 0.1) is 5.69 Å². The van der Waals surface area contributed by atoms with Crippen molar-refractivity contribution in [3.63, 3.8) is 0 Å². The summed E-state index contributed by atoms with van der Waals surface area (Å²) in [4.78, 5) is 4.45. The van der Waals surface area contributed by atoms with E-state index in [1.165, 1.54) is 0 Å². The molecule has 5 nitrogen and oxygen atoms in total. The van der Waals surface area contributed by atoms with Gasteiger partial charge in [0.25, 0.3) is 0 Å². The summed E-state index contributed by atoms with van der Waals surface area (Å²) in [5.41, 5.74) is 1.03. The average molecular weight is 249 g/mol. The average Bonchev–Trinajstić information content (AvgIpc) is 2.68. The molecule has 6 heteroatoms. The Balaban J connectivity index is 2.04. The molecular weight excluding hydrogens is 234 g/mol. The molecule has 90 valence electrons. The maximum atomic E-state index is 4.45. The van der Waals surface area contributed by atoms with E-state index in [0.717, 1.165) is 28.2 Å². The van der Waals surface area contributed by atoms with Gasteiger partial charge in [-0.3, -0.25) is 0 Å². The fourth-order valence-corrected chi connectivity index (χ4v) is 2.21. The van der Waals surface area contributed by atoms with Crippen molar-refractivity contribution in [2.45, 2.75) is 17.8 Å². The Hall–Kier alpha value is -1.56. The fourth-order valence-electron chi connectivity index (χ4n) is 1.35. The lowest BCUT2D eigenvalue weighted by atomic mass is 10.4. The van der Waals surface area contributed by atoms with Crippen molar-refractivity contribution in [3.8, 4) is 0 Å². The van der Waals surface area contributed by atoms with Crippen LogP contribution >= 0.6 is 11.8 Å². The summed E-state index contributed by atoms with van der Waals surface area (Å²) in [6.45, 7) is 1.94. The van der Waals surface area contributed by atoms with E-state index in [0.29, 0.717) is 0 Å². The van der Waals surface area contributed by atoms with Crippen molar-refractivity contribution in [2.75, 3.05) is 12.4 Å². The Morgan fingerprint density at radius 2 is 2.18 bits per heavy atom. The highest BCUT2D eigenvalue weighted by molar-refractivity contribution is 7.98. The van der Waals surface area contributed by atoms with Gasteiger partial charge in [-0.25, -0.2) is 4.98 Å². The lowest BCUT2D eigenvalue weighted by Gasteiger charge is -2.03. The third kappa shape index (κ3) is 2.76. The van der Waals surface area contributed by atoms with Gasteiger partial charge < -0.3 is 9.88 Å². The number of hydrogen-bond donors (Lipinski definition) is 1. The van der Waals surface area contributed by atoms with E-state index in [-0.39, 0.29) is 0 Å². The number of aromatic nitrogens is 4. The molecule has 0 atom stereocenters. The molecule has 2 aromatic rings. The predicted octanol–water partition coefficient (Wildman–Crippen LogP) is 1.85. The molecule has 1 N–H and O–H groups in total. The standard InChI is InChI=1S/C11H15N5S/c1-8-14-15-11(16(8)3)17-7-9-5-4-6-10(12-2)13-9/h4-6H,7H2,1-3H3,(H,12,13). The highest BCUT2D eigenvalue weighted by Crippen LogP contribution is 2.20. The van der Waals surface area contributed by atoms with Crippen molar-refractivity contribution in [1.29, 1.82) is 0 Å². The van der Waals surface area contributed by atoms with Crippen molar-refractivity contribution in [1.82, 2.24) is 19.7 Å². The normalized spacial score (nSPS) is 10.5. The van der Waals surface area contributed by atoms with Gasteiger partial charge in [0.15, 0.2) is 5.16 Å². The van der Waals surface area contributed by atoms with Crippen LogP contribution in [0.15, 0.2) is 23.4 Å². The predicted molar refractivity (Wildman–Crippen MR) is 69.1 cm³/mol. The van der Waals surface area contributed by atoms with Crippen LogP contribution in [0.2, 0.25) is 0 Å². The molecule has 0 amide bonds. The van der Waals surface area contributed by atoms with Crippen molar-refractivity contribution >= 4 is 17.6 Å². The number of pyridine rings is 1. The largest absolute Gasteiger partial charge is 0.373 e. The van der Waals surface area contributed by atoms with Crippen molar-refractivity contribution in [2.24, 2.45) is 7.05 Å². The van der Waals surface area contributed by atoms with Crippen LogP contribution in [0.4, 0.5) is 5.82 Å². The molecule has 0 aliphatic heterocycles. The van der Waals surface area contributed by atoms with E-state index in [4.69, 9.17) is 0 Å². The lowest BCUT2D eigenvalue weighted by molar-refractivity contribution is 0.765. The number of hydrogen-bond acceptors (Lipinski definition) is 5. The van der Waals surface area contributed by atoms with Gasteiger partial charge in [0.2, 0.25) is 0 Å². The van der Waals surface area contributed by atoms with E-state index in [1.807, 2.05) is 43.8 Å². The lowest BCUT2D eigenvalue weighted by Crippen LogP contribution is -1.97. The number of aryl methyl sites for hydroxylation is 1. The van der Waals surface area contributed by atoms with E-state index in [1.54, 1.807) is 11.8 Å². The smallest absolute Gasteiger partial charge is 0.191 e. The van der Waals surface area contributed by atoms with E-state index >= 15 is 0 Å². The van der Waals surface area contributed by atoms with Crippen LogP contribution in [0.5, 0.6) is 0 Å². The van der Waals surface area contributed by atoms with Crippen LogP contribution in [0, 0.1) is 6.92 Å². The summed E-state index contributed by atoms with van der Waals surface area (Å²) in [7, 11) is 3.83. The number of anilines is 1. The molecule has 0 aliphatic rings. The third-order valence-corrected chi connectivity index (χ3v) is 3.52. The monoisotopic (exact) mass is 249 g/mol. The van der Waals surface area contributed by atoms with Gasteiger partial charge in [-0.15, -0.1) is 10.2 Å². The third-order valence-electron chi connectivity index (χ3n) is 2.46. The molecule has 0 aliphatic carbocycles. The summed E-state index contributed by atoms with van der Waals surface area (Å²) in [6, 6.07) is 5.95. The first-order chi connectivity index (χ1) is 8.20. The van der Waals surface area contributed by atoms with Crippen LogP contribution in [-0.4, -0.2) is 26.8 Å². The second kappa shape index (κ2) is 5.18. The molecular formula is C11H15N5S. The summed E-state index contributed by atoms with van der Waals surface area (Å²) < 4.78 is 1.98. The first-order valence-electron chi connectivity index (χ1n) is 5.33. The van der Waals surface area contributed by atoms with Gasteiger partial charge in [-0.1, -0.05) is 17.8 Å². The minimum Gasteiger partial charge on any atom is -0.373 e. The van der Waals surface area contributed by atoms with Gasteiger partial charge in [0.1, 0.15) is 11.6 Å². The number of rotatable bonds is 4. The molecule has 17 heavy (non-hydrogen) atoms. The molecule has 0 unspecified atom stereocenters. The minimum atomic E-state index is 0.793. The van der Waals surface area contributed by atoms with E-state index < -0.39 is 0 Å². The second-order valence-electron chi connectivity index (χ2n) is 3.64. The summed E-state index contributed by atoms with van der Waals surface area (Å²) in [5, 5.41) is 12.1. The molecule has 2 rings (SSSR count). The minimum absolute atomic E-state index is 0.793. The molecule has 0 saturated heterocycles. The first kappa shape index (κ1) is 11.9. The SMILES string of the molecule is CNc1cccc(CSc2nnc(C)n2C)n1. The van der Waals surface area contributed by atoms with Crippen LogP contribution < -0.4 is 5.32 Å². The van der Waals surface area contributed by atoms with Crippen LogP contribution in [-0.2, 0) is 12.8 Å². The number of nitrogens with zero attached hydrogens (tertiary/aromatic N) is 4. The summed E-state index contributed by atoms with van der Waals surface area (Å²) in [6.07, 6.45) is 0. The topological polar surface area (TPSA) is 55.6 Å². The van der Waals surface area contributed by atoms with Gasteiger partial charge in [-0.2, -0.15) is 0 Å². The van der Waals surface area contributed by atoms with Gasteiger partial charge in [-0.05, 0) is 19.1 Å². The maximum absolute atomic E-state index is 4.45. The molecule has 2 aromatic heterocycles. The molecule has 0 radical (unpaired) electrons. The summed E-state index contributed by atoms with van der Waals surface area (Å²) >= 11 is 1.64. The Morgan fingerprint density at radius 1 is 1.35 bits per heavy atom. The first-order valence-corrected chi connectivity index (χ1v) is 6.31. The zero-order chi connectivity index (χ0) is 12.3. The highest BCUT2D eigenvalue weighted by atomic mass is 32.2. The zero-order valence-corrected chi connectivity index (χ0v) is 11.0. The zero-order valence-electron chi connectivity index (χ0n) is 10.1. The fraction of sp³-hybridized carbons (Fsp3) is 0.364. The summed E-state index contributed by atoms with van der Waals surface area (Å²) in [5.74, 6) is 2.60. The Labute approximate surface area is 105 Å². The molecule has 2 heterocycles. The number of thioether (sulfide) groups is 1.